The van der Waals surface area contributed by atoms with Gasteiger partial charge in [0.2, 0.25) is 0 Å². The number of thioether (sulfide) groups is 1. The Hall–Kier alpha value is 0.270. The molecule has 2 nitrogen and oxygen atoms in total. The zero-order valence-corrected chi connectivity index (χ0v) is 11.9. The van der Waals surface area contributed by atoms with Crippen molar-refractivity contribution in [3.05, 3.63) is 0 Å². The predicted octanol–water partition coefficient (Wildman–Crippen LogP) is 2.49. The summed E-state index contributed by atoms with van der Waals surface area (Å²) in [5.41, 5.74) is 0. The zero-order chi connectivity index (χ0) is 11.7. The van der Waals surface area contributed by atoms with Crippen molar-refractivity contribution < 1.29 is 0 Å². The fourth-order valence-corrected chi connectivity index (χ4v) is 4.75. The SMILES string of the molecule is CSC1(CNC2CCN3CCCCC23)CCC1. The first-order chi connectivity index (χ1) is 8.33. The second kappa shape index (κ2) is 5.10. The maximum Gasteiger partial charge on any atom is 0.0281 e. The zero-order valence-electron chi connectivity index (χ0n) is 11.1. The third-order valence-electron chi connectivity index (χ3n) is 5.24. The summed E-state index contributed by atoms with van der Waals surface area (Å²) >= 11 is 2.10. The number of nitrogens with one attached hydrogen (secondary N) is 1. The van der Waals surface area contributed by atoms with E-state index in [0.717, 1.165) is 12.1 Å². The Morgan fingerprint density at radius 2 is 2.06 bits per heavy atom. The second-order valence-corrected chi connectivity index (χ2v) is 7.39. The summed E-state index contributed by atoms with van der Waals surface area (Å²) in [7, 11) is 0. The predicted molar refractivity (Wildman–Crippen MR) is 75.7 cm³/mol. The number of hydrogen-bond acceptors (Lipinski definition) is 3. The number of rotatable bonds is 4. The van der Waals surface area contributed by atoms with Crippen LogP contribution >= 0.6 is 11.8 Å². The molecule has 0 radical (unpaired) electrons. The summed E-state index contributed by atoms with van der Waals surface area (Å²) in [6.45, 7) is 3.95. The van der Waals surface area contributed by atoms with Gasteiger partial charge in [-0.2, -0.15) is 11.8 Å². The van der Waals surface area contributed by atoms with Crippen LogP contribution in [0.1, 0.15) is 44.9 Å². The molecule has 2 unspecified atom stereocenters. The summed E-state index contributed by atoms with van der Waals surface area (Å²) in [6, 6.07) is 1.66. The minimum atomic E-state index is 0.599. The number of hydrogen-bond donors (Lipinski definition) is 1. The summed E-state index contributed by atoms with van der Waals surface area (Å²) in [5.74, 6) is 0. The third kappa shape index (κ3) is 2.39. The molecule has 2 aliphatic heterocycles. The van der Waals surface area contributed by atoms with Crippen LogP contribution in [0.25, 0.3) is 0 Å². The van der Waals surface area contributed by atoms with Crippen molar-refractivity contribution in [2.45, 2.75) is 61.8 Å². The van der Waals surface area contributed by atoms with Gasteiger partial charge in [0.1, 0.15) is 0 Å². The Kier molecular flexibility index (Phi) is 3.69. The maximum atomic E-state index is 3.91. The van der Waals surface area contributed by atoms with Gasteiger partial charge < -0.3 is 5.32 Å². The number of nitrogens with zero attached hydrogens (tertiary/aromatic N) is 1. The molecular weight excluding hydrogens is 228 g/mol. The van der Waals surface area contributed by atoms with E-state index < -0.39 is 0 Å². The monoisotopic (exact) mass is 254 g/mol. The van der Waals surface area contributed by atoms with Gasteiger partial charge in [-0.25, -0.2) is 0 Å². The van der Waals surface area contributed by atoms with Crippen LogP contribution in [0.3, 0.4) is 0 Å². The molecule has 0 spiro atoms. The van der Waals surface area contributed by atoms with Crippen molar-refractivity contribution in [2.75, 3.05) is 25.9 Å². The van der Waals surface area contributed by atoms with E-state index >= 15 is 0 Å². The molecule has 3 heteroatoms. The van der Waals surface area contributed by atoms with E-state index in [1.807, 2.05) is 0 Å². The van der Waals surface area contributed by atoms with Gasteiger partial charge in [0.25, 0.3) is 0 Å². The highest BCUT2D eigenvalue weighted by atomic mass is 32.2. The lowest BCUT2D eigenvalue weighted by Gasteiger charge is -2.42. The summed E-state index contributed by atoms with van der Waals surface area (Å²) in [4.78, 5) is 2.73. The van der Waals surface area contributed by atoms with E-state index in [9.17, 15) is 0 Å². The van der Waals surface area contributed by atoms with Gasteiger partial charge in [-0.05, 0) is 44.9 Å². The quantitative estimate of drug-likeness (QED) is 0.830. The molecule has 0 bridgehead atoms. The van der Waals surface area contributed by atoms with Crippen molar-refractivity contribution >= 4 is 11.8 Å². The van der Waals surface area contributed by atoms with Crippen LogP contribution in [-0.4, -0.2) is 47.6 Å². The van der Waals surface area contributed by atoms with Gasteiger partial charge in [0.05, 0.1) is 0 Å². The topological polar surface area (TPSA) is 15.3 Å². The van der Waals surface area contributed by atoms with Crippen LogP contribution in [-0.2, 0) is 0 Å². The Morgan fingerprint density at radius 1 is 1.18 bits per heavy atom. The van der Waals surface area contributed by atoms with Crippen molar-refractivity contribution in [3.8, 4) is 0 Å². The van der Waals surface area contributed by atoms with Crippen LogP contribution in [0, 0.1) is 0 Å². The van der Waals surface area contributed by atoms with Crippen molar-refractivity contribution in [3.63, 3.8) is 0 Å². The van der Waals surface area contributed by atoms with E-state index in [-0.39, 0.29) is 0 Å². The Bertz CT molecular complexity index is 259. The molecule has 0 aromatic heterocycles. The van der Waals surface area contributed by atoms with Crippen LogP contribution in [0.2, 0.25) is 0 Å². The fraction of sp³-hybridized carbons (Fsp3) is 1.00. The van der Waals surface area contributed by atoms with Crippen LogP contribution in [0.4, 0.5) is 0 Å². The molecule has 0 aromatic rings. The fourth-order valence-electron chi connectivity index (χ4n) is 3.83. The Labute approximate surface area is 110 Å². The molecule has 3 fully saturated rings. The van der Waals surface area contributed by atoms with Crippen molar-refractivity contribution in [1.82, 2.24) is 10.2 Å². The Morgan fingerprint density at radius 3 is 2.76 bits per heavy atom. The molecule has 1 N–H and O–H groups in total. The average Bonchev–Trinajstić information content (AvgIpc) is 2.72. The van der Waals surface area contributed by atoms with Gasteiger partial charge in [0.15, 0.2) is 0 Å². The standard InChI is InChI=1S/C14H26N2S/c1-17-14(7-4-8-14)11-15-12-6-10-16-9-3-2-5-13(12)16/h12-13,15H,2-11H2,1H3. The van der Waals surface area contributed by atoms with E-state index in [0.29, 0.717) is 4.75 Å². The van der Waals surface area contributed by atoms with Gasteiger partial charge in [0, 0.05) is 29.9 Å². The number of fused-ring (bicyclic) bond motifs is 1. The highest BCUT2D eigenvalue weighted by Crippen LogP contribution is 2.42. The molecule has 1 aliphatic carbocycles. The average molecular weight is 254 g/mol. The molecule has 2 heterocycles. The molecule has 3 aliphatic rings. The lowest BCUT2D eigenvalue weighted by molar-refractivity contribution is 0.177. The highest BCUT2D eigenvalue weighted by Gasteiger charge is 2.39. The first-order valence-electron chi connectivity index (χ1n) is 7.36. The minimum Gasteiger partial charge on any atom is -0.311 e. The first kappa shape index (κ1) is 12.3. The second-order valence-electron chi connectivity index (χ2n) is 6.12. The van der Waals surface area contributed by atoms with E-state index in [1.165, 1.54) is 64.6 Å². The smallest absolute Gasteiger partial charge is 0.0281 e. The number of piperidine rings is 1. The molecule has 0 aromatic carbocycles. The third-order valence-corrected chi connectivity index (χ3v) is 6.66. The molecule has 3 rings (SSSR count). The molecule has 2 atom stereocenters. The lowest BCUT2D eigenvalue weighted by atomic mass is 9.83. The molecule has 1 saturated carbocycles. The molecule has 17 heavy (non-hydrogen) atoms. The minimum absolute atomic E-state index is 0.599. The largest absolute Gasteiger partial charge is 0.311 e. The van der Waals surface area contributed by atoms with Gasteiger partial charge in [-0.15, -0.1) is 0 Å². The van der Waals surface area contributed by atoms with E-state index in [2.05, 4.69) is 28.2 Å². The van der Waals surface area contributed by atoms with Crippen LogP contribution in [0.5, 0.6) is 0 Å². The molecule has 98 valence electrons. The van der Waals surface area contributed by atoms with Crippen molar-refractivity contribution in [1.29, 1.82) is 0 Å². The van der Waals surface area contributed by atoms with Gasteiger partial charge >= 0.3 is 0 Å². The van der Waals surface area contributed by atoms with Gasteiger partial charge in [-0.1, -0.05) is 12.8 Å². The van der Waals surface area contributed by atoms with Crippen molar-refractivity contribution in [2.24, 2.45) is 0 Å². The highest BCUT2D eigenvalue weighted by molar-refractivity contribution is 8.00. The normalized spacial score (nSPS) is 36.5. The lowest BCUT2D eigenvalue weighted by Crippen LogP contribution is -2.51. The molecular formula is C14H26N2S. The Balaban J connectivity index is 1.51. The van der Waals surface area contributed by atoms with E-state index in [1.54, 1.807) is 0 Å². The molecule has 0 amide bonds. The van der Waals surface area contributed by atoms with Gasteiger partial charge in [-0.3, -0.25) is 4.90 Å². The summed E-state index contributed by atoms with van der Waals surface area (Å²) < 4.78 is 0.599. The first-order valence-corrected chi connectivity index (χ1v) is 8.58. The van der Waals surface area contributed by atoms with E-state index in [4.69, 9.17) is 0 Å². The molecule has 2 saturated heterocycles. The summed E-state index contributed by atoms with van der Waals surface area (Å²) in [6.07, 6.45) is 12.3. The van der Waals surface area contributed by atoms with Crippen LogP contribution < -0.4 is 5.32 Å². The van der Waals surface area contributed by atoms with Crippen LogP contribution in [0.15, 0.2) is 0 Å². The summed E-state index contributed by atoms with van der Waals surface area (Å²) in [5, 5.41) is 3.91. The maximum absolute atomic E-state index is 3.91.